The van der Waals surface area contributed by atoms with Gasteiger partial charge >= 0.3 is 39.5 Å². The number of phosphoric ester groups is 2. The summed E-state index contributed by atoms with van der Waals surface area (Å²) in [6, 6.07) is 0. The number of unbranched alkanes of at least 4 members (excludes halogenated alkanes) is 42. The van der Waals surface area contributed by atoms with E-state index in [2.05, 4.69) is 41.5 Å². The molecule has 0 rings (SSSR count). The van der Waals surface area contributed by atoms with Crippen molar-refractivity contribution < 1.29 is 80.2 Å². The van der Waals surface area contributed by atoms with Crippen LogP contribution >= 0.6 is 15.6 Å². The Labute approximate surface area is 562 Å². The van der Waals surface area contributed by atoms with E-state index in [0.29, 0.717) is 25.7 Å². The minimum atomic E-state index is -4.95. The molecule has 0 saturated carbocycles. The van der Waals surface area contributed by atoms with Crippen molar-refractivity contribution in [1.29, 1.82) is 0 Å². The second-order valence-electron chi connectivity index (χ2n) is 27.3. The fraction of sp³-hybridized carbons (Fsp3) is 0.945. The molecule has 0 aliphatic carbocycles. The van der Waals surface area contributed by atoms with Crippen LogP contribution in [0, 0.1) is 11.8 Å². The molecule has 0 heterocycles. The normalized spacial score (nSPS) is 14.1. The summed E-state index contributed by atoms with van der Waals surface area (Å²) < 4.78 is 68.4. The quantitative estimate of drug-likeness (QED) is 0.0222. The maximum absolute atomic E-state index is 13.1. The molecule has 5 atom stereocenters. The highest BCUT2D eigenvalue weighted by atomic mass is 31.2. The number of hydrogen-bond donors (Lipinski definition) is 3. The first-order chi connectivity index (χ1) is 44.4. The van der Waals surface area contributed by atoms with E-state index in [9.17, 15) is 43.2 Å². The SMILES string of the molecule is CCCCCCCCCCCCCC(=O)OC[C@H](COP(=O)(O)OC[C@H](O)COP(=O)(O)OC[C@@H](COC(=O)CCCCCCCCCCCCC(C)C)OC(=O)CCCCCCCCCCCCCCCCC(C)C)OC(=O)CCCCCCCCCCCCC. The zero-order chi connectivity index (χ0) is 67.9. The van der Waals surface area contributed by atoms with Crippen LogP contribution in [0.1, 0.15) is 375 Å². The van der Waals surface area contributed by atoms with Gasteiger partial charge in [-0.1, -0.05) is 324 Å². The van der Waals surface area contributed by atoms with E-state index in [1.165, 1.54) is 193 Å². The molecule has 0 fully saturated rings. The van der Waals surface area contributed by atoms with Gasteiger partial charge in [0.2, 0.25) is 0 Å². The zero-order valence-corrected chi connectivity index (χ0v) is 61.6. The van der Waals surface area contributed by atoms with E-state index in [-0.39, 0.29) is 25.7 Å². The molecule has 92 heavy (non-hydrogen) atoms. The number of esters is 4. The molecule has 0 spiro atoms. The molecule has 0 bridgehead atoms. The molecule has 0 aromatic heterocycles. The van der Waals surface area contributed by atoms with Crippen molar-refractivity contribution in [2.45, 2.75) is 394 Å². The summed E-state index contributed by atoms with van der Waals surface area (Å²) in [7, 11) is -9.90. The van der Waals surface area contributed by atoms with Crippen LogP contribution in [0.3, 0.4) is 0 Å². The Hall–Kier alpha value is -1.94. The molecular formula is C73H142O17P2. The molecule has 19 heteroatoms. The summed E-state index contributed by atoms with van der Waals surface area (Å²) in [5, 5.41) is 10.6. The lowest BCUT2D eigenvalue weighted by Crippen LogP contribution is -2.30. The monoisotopic (exact) mass is 1350 g/mol. The number of aliphatic hydroxyl groups excluding tert-OH is 1. The Morgan fingerprint density at radius 1 is 0.293 bits per heavy atom. The summed E-state index contributed by atoms with van der Waals surface area (Å²) >= 11 is 0. The van der Waals surface area contributed by atoms with Gasteiger partial charge < -0.3 is 33.8 Å². The minimum absolute atomic E-state index is 0.107. The fourth-order valence-corrected chi connectivity index (χ4v) is 12.7. The van der Waals surface area contributed by atoms with Gasteiger partial charge in [0.1, 0.15) is 19.3 Å². The van der Waals surface area contributed by atoms with Gasteiger partial charge in [0.05, 0.1) is 26.4 Å². The second-order valence-corrected chi connectivity index (χ2v) is 30.2. The van der Waals surface area contributed by atoms with Crippen LogP contribution in [0.15, 0.2) is 0 Å². The molecule has 0 aromatic rings. The van der Waals surface area contributed by atoms with Crippen LogP contribution in [-0.2, 0) is 65.4 Å². The third kappa shape index (κ3) is 66.7. The average Bonchev–Trinajstić information content (AvgIpc) is 2.62. The lowest BCUT2D eigenvalue weighted by molar-refractivity contribution is -0.161. The Bertz CT molecular complexity index is 1790. The molecule has 0 saturated heterocycles. The van der Waals surface area contributed by atoms with Crippen LogP contribution in [0.5, 0.6) is 0 Å². The Kier molecular flexibility index (Phi) is 63.7. The van der Waals surface area contributed by atoms with E-state index < -0.39 is 97.5 Å². The van der Waals surface area contributed by atoms with Crippen LogP contribution in [0.25, 0.3) is 0 Å². The number of aliphatic hydroxyl groups is 1. The van der Waals surface area contributed by atoms with Crippen LogP contribution in [0.2, 0.25) is 0 Å². The second kappa shape index (κ2) is 65.0. The number of ether oxygens (including phenoxy) is 4. The average molecular weight is 1350 g/mol. The van der Waals surface area contributed by atoms with E-state index in [0.717, 1.165) is 102 Å². The van der Waals surface area contributed by atoms with Crippen molar-refractivity contribution in [3.05, 3.63) is 0 Å². The van der Waals surface area contributed by atoms with E-state index in [1.54, 1.807) is 0 Å². The summed E-state index contributed by atoms with van der Waals surface area (Å²) in [4.78, 5) is 72.7. The lowest BCUT2D eigenvalue weighted by atomic mass is 10.0. The molecule has 546 valence electrons. The number of rotatable bonds is 72. The molecule has 17 nitrogen and oxygen atoms in total. The van der Waals surface area contributed by atoms with Crippen molar-refractivity contribution in [2.24, 2.45) is 11.8 Å². The standard InChI is InChI=1S/C73H142O17P2/c1-7-9-11-13-15-17-23-31-37-43-49-55-70(75)83-61-68(89-72(77)57-51-45-39-33-24-18-16-14-12-10-8-2)63-87-91(79,80)85-59-67(74)60-86-92(81,82)88-64-69(62-84-71(76)56-50-44-38-32-28-27-30-36-42-48-54-66(5)6)90-73(78)58-52-46-40-34-26-22-20-19-21-25-29-35-41-47-53-65(3)4/h65-69,74H,7-64H2,1-6H3,(H,79,80)(H,81,82)/t67-,68+,69+/m0/s1. The van der Waals surface area contributed by atoms with Crippen molar-refractivity contribution in [3.63, 3.8) is 0 Å². The number of hydrogen-bond acceptors (Lipinski definition) is 15. The highest BCUT2D eigenvalue weighted by molar-refractivity contribution is 7.47. The Morgan fingerprint density at radius 3 is 0.739 bits per heavy atom. The highest BCUT2D eigenvalue weighted by Gasteiger charge is 2.30. The summed E-state index contributed by atoms with van der Waals surface area (Å²) in [5.74, 6) is -0.564. The van der Waals surface area contributed by atoms with E-state index >= 15 is 0 Å². The zero-order valence-electron chi connectivity index (χ0n) is 59.9. The van der Waals surface area contributed by atoms with Gasteiger partial charge in [-0.25, -0.2) is 9.13 Å². The highest BCUT2D eigenvalue weighted by Crippen LogP contribution is 2.45. The van der Waals surface area contributed by atoms with Gasteiger partial charge in [0.15, 0.2) is 12.2 Å². The maximum atomic E-state index is 13.1. The Morgan fingerprint density at radius 2 is 0.500 bits per heavy atom. The van der Waals surface area contributed by atoms with Gasteiger partial charge in [-0.3, -0.25) is 37.3 Å². The van der Waals surface area contributed by atoms with Crippen molar-refractivity contribution in [3.8, 4) is 0 Å². The summed E-state index contributed by atoms with van der Waals surface area (Å²) in [5.41, 5.74) is 0. The summed E-state index contributed by atoms with van der Waals surface area (Å²) in [6.45, 7) is 9.59. The largest absolute Gasteiger partial charge is 0.472 e. The number of carbonyl (C=O) groups is 4. The van der Waals surface area contributed by atoms with Gasteiger partial charge in [0.25, 0.3) is 0 Å². The predicted octanol–water partition coefficient (Wildman–Crippen LogP) is 21.2. The first kappa shape index (κ1) is 90.1. The first-order valence-corrected chi connectivity index (χ1v) is 41.0. The molecular weight excluding hydrogens is 1210 g/mol. The van der Waals surface area contributed by atoms with Crippen molar-refractivity contribution >= 4 is 39.5 Å². The van der Waals surface area contributed by atoms with Crippen molar-refractivity contribution in [2.75, 3.05) is 39.6 Å². The van der Waals surface area contributed by atoms with Gasteiger partial charge in [0, 0.05) is 25.7 Å². The van der Waals surface area contributed by atoms with E-state index in [1.807, 2.05) is 0 Å². The third-order valence-corrected chi connectivity index (χ3v) is 18.9. The molecule has 0 amide bonds. The van der Waals surface area contributed by atoms with E-state index in [4.69, 9.17) is 37.0 Å². The van der Waals surface area contributed by atoms with Gasteiger partial charge in [-0.2, -0.15) is 0 Å². The number of phosphoric acid groups is 2. The van der Waals surface area contributed by atoms with Crippen LogP contribution in [-0.4, -0.2) is 96.7 Å². The molecule has 0 radical (unpaired) electrons. The molecule has 2 unspecified atom stereocenters. The number of carbonyl (C=O) groups excluding carboxylic acids is 4. The maximum Gasteiger partial charge on any atom is 0.472 e. The van der Waals surface area contributed by atoms with Gasteiger partial charge in [-0.05, 0) is 37.5 Å². The molecule has 3 N–H and O–H groups in total. The lowest BCUT2D eigenvalue weighted by Gasteiger charge is -2.21. The summed E-state index contributed by atoms with van der Waals surface area (Å²) in [6.07, 6.45) is 51.2. The molecule has 0 aliphatic heterocycles. The van der Waals surface area contributed by atoms with Crippen molar-refractivity contribution in [1.82, 2.24) is 0 Å². The van der Waals surface area contributed by atoms with Crippen LogP contribution in [0.4, 0.5) is 0 Å². The molecule has 0 aliphatic rings. The first-order valence-electron chi connectivity index (χ1n) is 38.0. The van der Waals surface area contributed by atoms with Crippen LogP contribution < -0.4 is 0 Å². The third-order valence-electron chi connectivity index (χ3n) is 17.0. The fourth-order valence-electron chi connectivity index (χ4n) is 11.1. The van der Waals surface area contributed by atoms with Gasteiger partial charge in [-0.15, -0.1) is 0 Å². The smallest absolute Gasteiger partial charge is 0.462 e. The Balaban J connectivity index is 5.24. The predicted molar refractivity (Wildman–Crippen MR) is 372 cm³/mol. The minimum Gasteiger partial charge on any atom is -0.462 e. The topological polar surface area (TPSA) is 237 Å². The molecule has 0 aromatic carbocycles.